The predicted molar refractivity (Wildman–Crippen MR) is 56.4 cm³/mol. The third kappa shape index (κ3) is 2.53. The molecule has 2 rings (SSSR count). The van der Waals surface area contributed by atoms with Gasteiger partial charge in [0.25, 0.3) is 0 Å². The van der Waals surface area contributed by atoms with Crippen molar-refractivity contribution in [3.8, 4) is 0 Å². The van der Waals surface area contributed by atoms with E-state index in [0.717, 1.165) is 18.8 Å². The molecule has 82 valence electrons. The monoisotopic (exact) mass is 208 g/mol. The van der Waals surface area contributed by atoms with Crippen molar-refractivity contribution in [1.82, 2.24) is 9.88 Å². The number of rotatable bonds is 4. The number of ether oxygens (including phenoxy) is 1. The van der Waals surface area contributed by atoms with E-state index in [2.05, 4.69) is 9.88 Å². The van der Waals surface area contributed by atoms with E-state index in [1.165, 1.54) is 0 Å². The van der Waals surface area contributed by atoms with E-state index in [9.17, 15) is 5.11 Å². The Hall–Kier alpha value is -0.970. The molecular formula is C11H16N2O2. The summed E-state index contributed by atoms with van der Waals surface area (Å²) in [7, 11) is 2.01. The van der Waals surface area contributed by atoms with Crippen molar-refractivity contribution in [3.63, 3.8) is 0 Å². The van der Waals surface area contributed by atoms with E-state index in [4.69, 9.17) is 4.74 Å². The molecule has 1 aromatic rings. The SMILES string of the molecule is CN(CC(O)c1cccnc1)C1COC1. The van der Waals surface area contributed by atoms with Crippen LogP contribution >= 0.6 is 0 Å². The van der Waals surface area contributed by atoms with E-state index < -0.39 is 6.10 Å². The molecule has 1 aliphatic heterocycles. The summed E-state index contributed by atoms with van der Waals surface area (Å²) in [6, 6.07) is 4.18. The number of aliphatic hydroxyl groups is 1. The van der Waals surface area contributed by atoms with E-state index in [1.54, 1.807) is 12.4 Å². The molecule has 0 radical (unpaired) electrons. The fourth-order valence-corrected chi connectivity index (χ4v) is 1.58. The van der Waals surface area contributed by atoms with E-state index >= 15 is 0 Å². The number of hydrogen-bond donors (Lipinski definition) is 1. The highest BCUT2D eigenvalue weighted by Gasteiger charge is 2.24. The topological polar surface area (TPSA) is 45.6 Å². The lowest BCUT2D eigenvalue weighted by Crippen LogP contribution is -2.48. The van der Waals surface area contributed by atoms with Crippen LogP contribution in [0.25, 0.3) is 0 Å². The van der Waals surface area contributed by atoms with Gasteiger partial charge < -0.3 is 9.84 Å². The first-order chi connectivity index (χ1) is 7.27. The average molecular weight is 208 g/mol. The highest BCUT2D eigenvalue weighted by atomic mass is 16.5. The summed E-state index contributed by atoms with van der Waals surface area (Å²) in [5.41, 5.74) is 0.865. The lowest BCUT2D eigenvalue weighted by Gasteiger charge is -2.35. The summed E-state index contributed by atoms with van der Waals surface area (Å²) >= 11 is 0. The fraction of sp³-hybridized carbons (Fsp3) is 0.545. The largest absolute Gasteiger partial charge is 0.387 e. The van der Waals surface area contributed by atoms with Gasteiger partial charge in [-0.1, -0.05) is 6.07 Å². The normalized spacial score (nSPS) is 18.9. The Morgan fingerprint density at radius 3 is 3.00 bits per heavy atom. The summed E-state index contributed by atoms with van der Waals surface area (Å²) in [5, 5.41) is 9.94. The Morgan fingerprint density at radius 1 is 1.67 bits per heavy atom. The van der Waals surface area contributed by atoms with Crippen molar-refractivity contribution in [3.05, 3.63) is 30.1 Å². The molecule has 0 amide bonds. The van der Waals surface area contributed by atoms with E-state index in [0.29, 0.717) is 12.6 Å². The van der Waals surface area contributed by atoms with Crippen LogP contribution in [0.15, 0.2) is 24.5 Å². The molecule has 0 aromatic carbocycles. The van der Waals surface area contributed by atoms with Crippen LogP contribution < -0.4 is 0 Å². The molecule has 0 aliphatic carbocycles. The Labute approximate surface area is 89.5 Å². The van der Waals surface area contributed by atoms with Gasteiger partial charge in [0.2, 0.25) is 0 Å². The molecule has 0 saturated carbocycles. The maximum Gasteiger partial charge on any atom is 0.0931 e. The van der Waals surface area contributed by atoms with Gasteiger partial charge in [-0.3, -0.25) is 9.88 Å². The Kier molecular flexibility index (Phi) is 3.30. The van der Waals surface area contributed by atoms with Gasteiger partial charge in [0.15, 0.2) is 0 Å². The van der Waals surface area contributed by atoms with Gasteiger partial charge in [-0.05, 0) is 13.1 Å². The number of hydrogen-bond acceptors (Lipinski definition) is 4. The summed E-state index contributed by atoms with van der Waals surface area (Å²) in [6.07, 6.45) is 2.94. The van der Waals surface area contributed by atoms with Crippen LogP contribution in [-0.2, 0) is 4.74 Å². The second kappa shape index (κ2) is 4.70. The number of aliphatic hydroxyl groups excluding tert-OH is 1. The number of likely N-dealkylation sites (N-methyl/N-ethyl adjacent to an activating group) is 1. The minimum Gasteiger partial charge on any atom is -0.387 e. The molecule has 1 atom stereocenters. The first-order valence-corrected chi connectivity index (χ1v) is 5.13. The van der Waals surface area contributed by atoms with Gasteiger partial charge in [0.05, 0.1) is 25.4 Å². The molecule has 15 heavy (non-hydrogen) atoms. The first kappa shape index (κ1) is 10.5. The molecule has 1 saturated heterocycles. The van der Waals surface area contributed by atoms with E-state index in [1.807, 2.05) is 19.2 Å². The molecule has 2 heterocycles. The Balaban J connectivity index is 1.88. The van der Waals surface area contributed by atoms with Crippen molar-refractivity contribution in [2.24, 2.45) is 0 Å². The van der Waals surface area contributed by atoms with Crippen LogP contribution in [0.2, 0.25) is 0 Å². The fourth-order valence-electron chi connectivity index (χ4n) is 1.58. The van der Waals surface area contributed by atoms with Crippen molar-refractivity contribution >= 4 is 0 Å². The van der Waals surface area contributed by atoms with Crippen LogP contribution in [0.5, 0.6) is 0 Å². The minimum absolute atomic E-state index is 0.455. The summed E-state index contributed by atoms with van der Waals surface area (Å²) in [5.74, 6) is 0. The molecule has 1 unspecified atom stereocenters. The first-order valence-electron chi connectivity index (χ1n) is 5.13. The lowest BCUT2D eigenvalue weighted by molar-refractivity contribution is -0.0659. The van der Waals surface area contributed by atoms with Gasteiger partial charge in [0.1, 0.15) is 0 Å². The molecule has 1 fully saturated rings. The average Bonchev–Trinajstić information content (AvgIpc) is 2.16. The summed E-state index contributed by atoms with van der Waals surface area (Å²) < 4.78 is 5.11. The van der Waals surface area contributed by atoms with Crippen molar-refractivity contribution in [1.29, 1.82) is 0 Å². The molecule has 0 spiro atoms. The van der Waals surface area contributed by atoms with Gasteiger partial charge in [-0.2, -0.15) is 0 Å². The predicted octanol–water partition coefficient (Wildman–Crippen LogP) is 0.446. The Bertz CT molecular complexity index is 301. The van der Waals surface area contributed by atoms with Crippen LogP contribution in [0, 0.1) is 0 Å². The van der Waals surface area contributed by atoms with Crippen molar-refractivity contribution < 1.29 is 9.84 Å². The number of aromatic nitrogens is 1. The zero-order valence-electron chi connectivity index (χ0n) is 8.84. The van der Waals surface area contributed by atoms with Crippen LogP contribution in [0.3, 0.4) is 0 Å². The lowest BCUT2D eigenvalue weighted by atomic mass is 10.1. The van der Waals surface area contributed by atoms with Crippen LogP contribution in [0.1, 0.15) is 11.7 Å². The third-order valence-corrected chi connectivity index (χ3v) is 2.77. The zero-order valence-corrected chi connectivity index (χ0v) is 8.84. The van der Waals surface area contributed by atoms with Gasteiger partial charge in [-0.25, -0.2) is 0 Å². The number of pyridine rings is 1. The zero-order chi connectivity index (χ0) is 10.7. The summed E-state index contributed by atoms with van der Waals surface area (Å²) in [6.45, 7) is 2.17. The molecule has 1 N–H and O–H groups in total. The second-order valence-corrected chi connectivity index (χ2v) is 3.93. The van der Waals surface area contributed by atoms with Gasteiger partial charge >= 0.3 is 0 Å². The number of nitrogens with zero attached hydrogens (tertiary/aromatic N) is 2. The third-order valence-electron chi connectivity index (χ3n) is 2.77. The Morgan fingerprint density at radius 2 is 2.47 bits per heavy atom. The van der Waals surface area contributed by atoms with Crippen molar-refractivity contribution in [2.45, 2.75) is 12.1 Å². The standard InChI is InChI=1S/C11H16N2O2/c1-13(10-7-15-8-10)6-11(14)9-3-2-4-12-5-9/h2-5,10-11,14H,6-8H2,1H3. The van der Waals surface area contributed by atoms with Gasteiger partial charge in [-0.15, -0.1) is 0 Å². The van der Waals surface area contributed by atoms with Crippen LogP contribution in [-0.4, -0.2) is 47.8 Å². The molecule has 4 nitrogen and oxygen atoms in total. The summed E-state index contributed by atoms with van der Waals surface area (Å²) in [4.78, 5) is 6.11. The highest BCUT2D eigenvalue weighted by Crippen LogP contribution is 2.15. The molecular weight excluding hydrogens is 192 g/mol. The second-order valence-electron chi connectivity index (χ2n) is 3.93. The highest BCUT2D eigenvalue weighted by molar-refractivity contribution is 5.12. The van der Waals surface area contributed by atoms with E-state index in [-0.39, 0.29) is 0 Å². The molecule has 1 aliphatic rings. The van der Waals surface area contributed by atoms with Gasteiger partial charge in [0, 0.05) is 24.5 Å². The van der Waals surface area contributed by atoms with Crippen LogP contribution in [0.4, 0.5) is 0 Å². The quantitative estimate of drug-likeness (QED) is 0.780. The molecule has 0 bridgehead atoms. The molecule has 4 heteroatoms. The molecule has 1 aromatic heterocycles. The smallest absolute Gasteiger partial charge is 0.0931 e. The maximum atomic E-state index is 9.94. The minimum atomic E-state index is -0.468. The maximum absolute atomic E-state index is 9.94. The van der Waals surface area contributed by atoms with Crippen molar-refractivity contribution in [2.75, 3.05) is 26.8 Å².